The van der Waals surface area contributed by atoms with Gasteiger partial charge in [0.05, 0.1) is 11.5 Å². The second-order valence-corrected chi connectivity index (χ2v) is 7.86. The molecule has 1 aliphatic rings. The smallest absolute Gasteiger partial charge is 0.151 e. The minimum atomic E-state index is -2.80. The number of nitrogens with one attached hydrogen (secondary N) is 1. The molecule has 1 fully saturated rings. The molecule has 5 heteroatoms. The lowest BCUT2D eigenvalue weighted by Crippen LogP contribution is -2.47. The summed E-state index contributed by atoms with van der Waals surface area (Å²) in [5.41, 5.74) is 0. The Labute approximate surface area is 112 Å². The van der Waals surface area contributed by atoms with Crippen molar-refractivity contribution in [3.8, 4) is 0 Å². The van der Waals surface area contributed by atoms with E-state index in [0.717, 1.165) is 32.5 Å². The van der Waals surface area contributed by atoms with Crippen molar-refractivity contribution >= 4 is 9.84 Å². The fraction of sp³-hybridized carbons (Fsp3) is 1.00. The molecule has 1 unspecified atom stereocenters. The van der Waals surface area contributed by atoms with Crippen molar-refractivity contribution in [1.29, 1.82) is 0 Å². The van der Waals surface area contributed by atoms with Gasteiger partial charge in [-0.1, -0.05) is 20.8 Å². The van der Waals surface area contributed by atoms with Gasteiger partial charge in [0, 0.05) is 19.1 Å². The van der Waals surface area contributed by atoms with Gasteiger partial charge in [0.25, 0.3) is 0 Å². The average molecular weight is 276 g/mol. The van der Waals surface area contributed by atoms with Crippen LogP contribution in [0.3, 0.4) is 0 Å². The molecule has 0 amide bonds. The maximum absolute atomic E-state index is 11.6. The predicted molar refractivity (Wildman–Crippen MR) is 76.6 cm³/mol. The summed E-state index contributed by atoms with van der Waals surface area (Å²) in [6.07, 6.45) is 1.92. The molecule has 1 heterocycles. The number of hydrogen-bond acceptors (Lipinski definition) is 4. The molecule has 0 saturated carbocycles. The summed E-state index contributed by atoms with van der Waals surface area (Å²) in [6.45, 7) is 10.2. The Morgan fingerprint density at radius 1 is 1.22 bits per heavy atom. The summed E-state index contributed by atoms with van der Waals surface area (Å²) in [6, 6.07) is 0.449. The Bertz CT molecular complexity index is 328. The molecule has 0 spiro atoms. The molecule has 0 aromatic heterocycles. The minimum absolute atomic E-state index is 0.323. The van der Waals surface area contributed by atoms with E-state index in [1.165, 1.54) is 0 Å². The molecular weight excluding hydrogens is 248 g/mol. The molecule has 18 heavy (non-hydrogen) atoms. The van der Waals surface area contributed by atoms with Crippen molar-refractivity contribution < 1.29 is 8.42 Å². The first kappa shape index (κ1) is 15.9. The lowest BCUT2D eigenvalue weighted by molar-refractivity contribution is 0.163. The van der Waals surface area contributed by atoms with Crippen LogP contribution in [-0.4, -0.2) is 57.0 Å². The lowest BCUT2D eigenvalue weighted by Gasteiger charge is -2.33. The third-order valence-electron chi connectivity index (χ3n) is 3.61. The summed E-state index contributed by atoms with van der Waals surface area (Å²) < 4.78 is 23.3. The third kappa shape index (κ3) is 5.24. The van der Waals surface area contributed by atoms with E-state index in [2.05, 4.69) is 31.0 Å². The van der Waals surface area contributed by atoms with Crippen LogP contribution in [0.5, 0.6) is 0 Å². The van der Waals surface area contributed by atoms with Crippen molar-refractivity contribution in [2.75, 3.05) is 37.7 Å². The van der Waals surface area contributed by atoms with Gasteiger partial charge < -0.3 is 5.32 Å². The standard InChI is InChI=1S/C13H28N2O2S/c1-4-6-14-11-13(12(2)3)15-7-5-9-18(16,17)10-8-15/h12-14H,4-11H2,1-3H3. The highest BCUT2D eigenvalue weighted by Crippen LogP contribution is 2.14. The highest BCUT2D eigenvalue weighted by molar-refractivity contribution is 7.91. The maximum atomic E-state index is 11.6. The van der Waals surface area contributed by atoms with Crippen LogP contribution < -0.4 is 5.32 Å². The maximum Gasteiger partial charge on any atom is 0.151 e. The van der Waals surface area contributed by atoms with Gasteiger partial charge in [-0.05, 0) is 31.8 Å². The quantitative estimate of drug-likeness (QED) is 0.739. The molecule has 0 aromatic carbocycles. The van der Waals surface area contributed by atoms with Gasteiger partial charge in [0.15, 0.2) is 9.84 Å². The van der Waals surface area contributed by atoms with Gasteiger partial charge in [-0.15, -0.1) is 0 Å². The van der Waals surface area contributed by atoms with Crippen LogP contribution in [0.4, 0.5) is 0 Å². The molecule has 1 saturated heterocycles. The molecular formula is C13H28N2O2S. The highest BCUT2D eigenvalue weighted by Gasteiger charge is 2.26. The molecule has 1 N–H and O–H groups in total. The Hall–Kier alpha value is -0.130. The van der Waals surface area contributed by atoms with E-state index < -0.39 is 9.84 Å². The average Bonchev–Trinajstić information content (AvgIpc) is 2.46. The molecule has 0 bridgehead atoms. The Balaban J connectivity index is 2.56. The van der Waals surface area contributed by atoms with Gasteiger partial charge >= 0.3 is 0 Å². The van der Waals surface area contributed by atoms with E-state index in [4.69, 9.17) is 0 Å². The summed E-state index contributed by atoms with van der Waals surface area (Å²) in [5.74, 6) is 1.23. The Morgan fingerprint density at radius 2 is 1.94 bits per heavy atom. The molecule has 0 aliphatic carbocycles. The van der Waals surface area contributed by atoms with Crippen LogP contribution in [-0.2, 0) is 9.84 Å². The monoisotopic (exact) mass is 276 g/mol. The van der Waals surface area contributed by atoms with E-state index in [1.54, 1.807) is 0 Å². The van der Waals surface area contributed by atoms with E-state index in [0.29, 0.717) is 30.0 Å². The van der Waals surface area contributed by atoms with Crippen molar-refractivity contribution in [3.05, 3.63) is 0 Å². The number of sulfone groups is 1. The SMILES string of the molecule is CCCNCC(C(C)C)N1CCCS(=O)(=O)CC1. The topological polar surface area (TPSA) is 49.4 Å². The summed E-state index contributed by atoms with van der Waals surface area (Å²) in [7, 11) is -2.80. The zero-order valence-corrected chi connectivity index (χ0v) is 12.8. The zero-order chi connectivity index (χ0) is 13.6. The van der Waals surface area contributed by atoms with Gasteiger partial charge in [0.2, 0.25) is 0 Å². The molecule has 1 atom stereocenters. The number of hydrogen-bond donors (Lipinski definition) is 1. The first-order valence-corrected chi connectivity index (χ1v) is 8.93. The van der Waals surface area contributed by atoms with E-state index in [1.807, 2.05) is 0 Å². The summed E-state index contributed by atoms with van der Waals surface area (Å²) in [5, 5.41) is 3.46. The third-order valence-corrected chi connectivity index (χ3v) is 5.32. The summed E-state index contributed by atoms with van der Waals surface area (Å²) >= 11 is 0. The highest BCUT2D eigenvalue weighted by atomic mass is 32.2. The van der Waals surface area contributed by atoms with Gasteiger partial charge in [-0.2, -0.15) is 0 Å². The Kier molecular flexibility index (Phi) is 6.60. The second kappa shape index (κ2) is 7.46. The first-order valence-electron chi connectivity index (χ1n) is 7.11. The van der Waals surface area contributed by atoms with Crippen molar-refractivity contribution in [2.24, 2.45) is 5.92 Å². The van der Waals surface area contributed by atoms with Crippen LogP contribution >= 0.6 is 0 Å². The number of rotatable bonds is 6. The van der Waals surface area contributed by atoms with Crippen LogP contribution in [0.15, 0.2) is 0 Å². The normalized spacial score (nSPS) is 22.9. The van der Waals surface area contributed by atoms with Crippen molar-refractivity contribution in [2.45, 2.75) is 39.7 Å². The van der Waals surface area contributed by atoms with Gasteiger partial charge in [0.1, 0.15) is 0 Å². The fourth-order valence-electron chi connectivity index (χ4n) is 2.50. The van der Waals surface area contributed by atoms with Crippen LogP contribution in [0.25, 0.3) is 0 Å². The number of nitrogens with zero attached hydrogens (tertiary/aromatic N) is 1. The first-order chi connectivity index (χ1) is 8.46. The van der Waals surface area contributed by atoms with Crippen molar-refractivity contribution in [3.63, 3.8) is 0 Å². The molecule has 0 aromatic rings. The molecule has 0 radical (unpaired) electrons. The van der Waals surface area contributed by atoms with Gasteiger partial charge in [-0.3, -0.25) is 4.90 Å². The molecule has 108 valence electrons. The lowest BCUT2D eigenvalue weighted by atomic mass is 10.0. The van der Waals surface area contributed by atoms with E-state index in [9.17, 15) is 8.42 Å². The summed E-state index contributed by atoms with van der Waals surface area (Å²) in [4.78, 5) is 2.36. The zero-order valence-electron chi connectivity index (χ0n) is 12.0. The van der Waals surface area contributed by atoms with Crippen molar-refractivity contribution in [1.82, 2.24) is 10.2 Å². The van der Waals surface area contributed by atoms with Gasteiger partial charge in [-0.25, -0.2) is 8.42 Å². The molecule has 1 rings (SSSR count). The molecule has 4 nitrogen and oxygen atoms in total. The minimum Gasteiger partial charge on any atom is -0.315 e. The molecule has 1 aliphatic heterocycles. The second-order valence-electron chi connectivity index (χ2n) is 5.56. The Morgan fingerprint density at radius 3 is 2.56 bits per heavy atom. The fourth-order valence-corrected chi connectivity index (χ4v) is 3.79. The van der Waals surface area contributed by atoms with Crippen LogP contribution in [0.2, 0.25) is 0 Å². The van der Waals surface area contributed by atoms with E-state index >= 15 is 0 Å². The predicted octanol–water partition coefficient (Wildman–Crippen LogP) is 1.13. The van der Waals surface area contributed by atoms with Crippen LogP contribution in [0.1, 0.15) is 33.6 Å². The largest absolute Gasteiger partial charge is 0.315 e. The van der Waals surface area contributed by atoms with E-state index in [-0.39, 0.29) is 0 Å². The van der Waals surface area contributed by atoms with Crippen LogP contribution in [0, 0.1) is 5.92 Å².